The standard InChI is InChI=1S/C22H22N2O3S/c1-16-10-11-19(28-16)22(25)24-13-14-26-18(15-27-20-9-5-6-12-23-20)21(24)17-7-3-2-4-8-17/h2-12,18,21H,13-15H2,1H3. The van der Waals surface area contributed by atoms with Gasteiger partial charge in [-0.05, 0) is 30.7 Å². The van der Waals surface area contributed by atoms with Crippen LogP contribution in [0, 0.1) is 6.92 Å². The maximum Gasteiger partial charge on any atom is 0.264 e. The highest BCUT2D eigenvalue weighted by atomic mass is 32.1. The third-order valence-corrected chi connectivity index (χ3v) is 5.73. The molecule has 2 unspecified atom stereocenters. The number of nitrogens with zero attached hydrogens (tertiary/aromatic N) is 2. The molecule has 2 atom stereocenters. The SMILES string of the molecule is Cc1ccc(C(=O)N2CCOC(COc3ccccn3)C2c2ccccc2)s1. The summed E-state index contributed by atoms with van der Waals surface area (Å²) in [4.78, 5) is 21.2. The molecule has 1 amide bonds. The first-order valence-corrected chi connectivity index (χ1v) is 10.1. The van der Waals surface area contributed by atoms with E-state index in [0.29, 0.717) is 25.6 Å². The van der Waals surface area contributed by atoms with Crippen LogP contribution >= 0.6 is 11.3 Å². The number of morpholine rings is 1. The van der Waals surface area contributed by atoms with Crippen LogP contribution in [0.5, 0.6) is 5.88 Å². The zero-order valence-corrected chi connectivity index (χ0v) is 16.5. The van der Waals surface area contributed by atoms with Crippen LogP contribution in [0.15, 0.2) is 66.9 Å². The molecule has 0 bridgehead atoms. The van der Waals surface area contributed by atoms with Gasteiger partial charge < -0.3 is 14.4 Å². The second kappa shape index (κ2) is 8.54. The molecule has 3 aromatic rings. The number of amides is 1. The molecule has 1 aliphatic heterocycles. The highest BCUT2D eigenvalue weighted by molar-refractivity contribution is 7.13. The lowest BCUT2D eigenvalue weighted by molar-refractivity contribution is -0.0773. The van der Waals surface area contributed by atoms with E-state index in [1.54, 1.807) is 6.20 Å². The quantitative estimate of drug-likeness (QED) is 0.653. The van der Waals surface area contributed by atoms with Gasteiger partial charge in [-0.1, -0.05) is 36.4 Å². The Morgan fingerprint density at radius 2 is 2.00 bits per heavy atom. The Labute approximate surface area is 168 Å². The van der Waals surface area contributed by atoms with Crippen molar-refractivity contribution in [2.75, 3.05) is 19.8 Å². The van der Waals surface area contributed by atoms with E-state index in [0.717, 1.165) is 15.3 Å². The first kappa shape index (κ1) is 18.7. The first-order valence-electron chi connectivity index (χ1n) is 9.30. The number of ether oxygens (including phenoxy) is 2. The Hall–Kier alpha value is -2.70. The maximum absolute atomic E-state index is 13.2. The van der Waals surface area contributed by atoms with E-state index in [2.05, 4.69) is 4.98 Å². The molecule has 144 valence electrons. The Balaban J connectivity index is 1.60. The number of aromatic nitrogens is 1. The average Bonchev–Trinajstić information content (AvgIpc) is 3.19. The van der Waals surface area contributed by atoms with Gasteiger partial charge in [-0.25, -0.2) is 4.98 Å². The number of rotatable bonds is 5. The van der Waals surface area contributed by atoms with Crippen LogP contribution in [0.4, 0.5) is 0 Å². The second-order valence-electron chi connectivity index (χ2n) is 6.65. The van der Waals surface area contributed by atoms with Crippen molar-refractivity contribution in [3.05, 3.63) is 82.2 Å². The van der Waals surface area contributed by atoms with Crippen molar-refractivity contribution < 1.29 is 14.3 Å². The molecule has 0 N–H and O–H groups in total. The number of carbonyl (C=O) groups is 1. The smallest absolute Gasteiger partial charge is 0.264 e. The van der Waals surface area contributed by atoms with E-state index in [9.17, 15) is 4.79 Å². The highest BCUT2D eigenvalue weighted by Gasteiger charge is 2.37. The number of thiophene rings is 1. The van der Waals surface area contributed by atoms with Crippen LogP contribution in [-0.4, -0.2) is 41.7 Å². The van der Waals surface area contributed by atoms with Crippen molar-refractivity contribution in [3.63, 3.8) is 0 Å². The lowest BCUT2D eigenvalue weighted by Gasteiger charge is -2.41. The molecule has 0 radical (unpaired) electrons. The van der Waals surface area contributed by atoms with Crippen LogP contribution in [0.25, 0.3) is 0 Å². The molecule has 6 heteroatoms. The molecule has 1 aliphatic rings. The molecule has 1 aromatic carbocycles. The van der Waals surface area contributed by atoms with E-state index in [4.69, 9.17) is 9.47 Å². The van der Waals surface area contributed by atoms with Crippen LogP contribution in [0.3, 0.4) is 0 Å². The van der Waals surface area contributed by atoms with Crippen molar-refractivity contribution in [2.45, 2.75) is 19.1 Å². The summed E-state index contributed by atoms with van der Waals surface area (Å²) in [5.41, 5.74) is 1.04. The van der Waals surface area contributed by atoms with Gasteiger partial charge in [0.15, 0.2) is 0 Å². The molecule has 1 saturated heterocycles. The zero-order valence-electron chi connectivity index (χ0n) is 15.7. The predicted molar refractivity (Wildman–Crippen MR) is 109 cm³/mol. The fourth-order valence-corrected chi connectivity index (χ4v) is 4.26. The molecule has 28 heavy (non-hydrogen) atoms. The summed E-state index contributed by atoms with van der Waals surface area (Å²) in [5, 5.41) is 0. The molecule has 4 rings (SSSR count). The zero-order chi connectivity index (χ0) is 19.3. The van der Waals surface area contributed by atoms with E-state index >= 15 is 0 Å². The van der Waals surface area contributed by atoms with Crippen molar-refractivity contribution >= 4 is 17.2 Å². The maximum atomic E-state index is 13.2. The number of pyridine rings is 1. The van der Waals surface area contributed by atoms with Gasteiger partial charge >= 0.3 is 0 Å². The Kier molecular flexibility index (Phi) is 5.69. The largest absolute Gasteiger partial charge is 0.475 e. The molecular weight excluding hydrogens is 372 g/mol. The molecule has 0 saturated carbocycles. The summed E-state index contributed by atoms with van der Waals surface area (Å²) >= 11 is 1.52. The van der Waals surface area contributed by atoms with Crippen molar-refractivity contribution in [1.29, 1.82) is 0 Å². The Morgan fingerprint density at radius 1 is 1.18 bits per heavy atom. The molecule has 3 heterocycles. The van der Waals surface area contributed by atoms with Crippen LogP contribution < -0.4 is 4.74 Å². The third kappa shape index (κ3) is 4.08. The van der Waals surface area contributed by atoms with Gasteiger partial charge in [0, 0.05) is 23.7 Å². The van der Waals surface area contributed by atoms with Gasteiger partial charge in [-0.3, -0.25) is 4.79 Å². The Bertz CT molecular complexity index is 914. The first-order chi connectivity index (χ1) is 13.7. The van der Waals surface area contributed by atoms with Gasteiger partial charge in [-0.2, -0.15) is 0 Å². The van der Waals surface area contributed by atoms with Gasteiger partial charge in [0.1, 0.15) is 12.7 Å². The molecule has 5 nitrogen and oxygen atoms in total. The van der Waals surface area contributed by atoms with Crippen LogP contribution in [-0.2, 0) is 4.74 Å². The number of carbonyl (C=O) groups excluding carboxylic acids is 1. The summed E-state index contributed by atoms with van der Waals surface area (Å²) in [5.74, 6) is 0.591. The summed E-state index contributed by atoms with van der Waals surface area (Å²) < 4.78 is 11.9. The van der Waals surface area contributed by atoms with Gasteiger partial charge in [0.25, 0.3) is 5.91 Å². The van der Waals surface area contributed by atoms with Gasteiger partial charge in [0.2, 0.25) is 5.88 Å². The van der Waals surface area contributed by atoms with Gasteiger partial charge in [0.05, 0.1) is 17.5 Å². The average molecular weight is 394 g/mol. The molecule has 2 aromatic heterocycles. The monoisotopic (exact) mass is 394 g/mol. The highest BCUT2D eigenvalue weighted by Crippen LogP contribution is 2.32. The Morgan fingerprint density at radius 3 is 2.71 bits per heavy atom. The summed E-state index contributed by atoms with van der Waals surface area (Å²) in [6.45, 7) is 3.37. The molecule has 1 fully saturated rings. The summed E-state index contributed by atoms with van der Waals surface area (Å²) in [6.07, 6.45) is 1.42. The van der Waals surface area contributed by atoms with Crippen molar-refractivity contribution in [1.82, 2.24) is 9.88 Å². The lowest BCUT2D eigenvalue weighted by atomic mass is 9.98. The fraction of sp³-hybridized carbons (Fsp3) is 0.273. The molecule has 0 spiro atoms. The van der Waals surface area contributed by atoms with E-state index in [-0.39, 0.29) is 18.1 Å². The van der Waals surface area contributed by atoms with E-state index < -0.39 is 0 Å². The van der Waals surface area contributed by atoms with Gasteiger partial charge in [-0.15, -0.1) is 11.3 Å². The topological polar surface area (TPSA) is 51.7 Å². The molecule has 0 aliphatic carbocycles. The minimum atomic E-state index is -0.275. The fourth-order valence-electron chi connectivity index (χ4n) is 3.44. The molecular formula is C22H22N2O3S. The van der Waals surface area contributed by atoms with E-state index in [1.165, 1.54) is 11.3 Å². The summed E-state index contributed by atoms with van der Waals surface area (Å²) in [7, 11) is 0. The minimum Gasteiger partial charge on any atom is -0.475 e. The number of aryl methyl sites for hydroxylation is 1. The predicted octanol–water partition coefficient (Wildman–Crippen LogP) is 4.11. The second-order valence-corrected chi connectivity index (χ2v) is 7.94. The van der Waals surface area contributed by atoms with Crippen LogP contribution in [0.2, 0.25) is 0 Å². The number of hydrogen-bond donors (Lipinski definition) is 0. The normalized spacial score (nSPS) is 19.4. The third-order valence-electron chi connectivity index (χ3n) is 4.74. The number of benzene rings is 1. The number of hydrogen-bond acceptors (Lipinski definition) is 5. The summed E-state index contributed by atoms with van der Waals surface area (Å²) in [6, 6.07) is 19.2. The minimum absolute atomic E-state index is 0.0399. The van der Waals surface area contributed by atoms with Crippen molar-refractivity contribution in [2.24, 2.45) is 0 Å². The lowest BCUT2D eigenvalue weighted by Crippen LogP contribution is -2.50. The van der Waals surface area contributed by atoms with Crippen LogP contribution in [0.1, 0.15) is 26.2 Å². The van der Waals surface area contributed by atoms with Crippen molar-refractivity contribution in [3.8, 4) is 5.88 Å². The van der Waals surface area contributed by atoms with E-state index in [1.807, 2.05) is 72.5 Å².